The summed E-state index contributed by atoms with van der Waals surface area (Å²) in [5.74, 6) is 0. The third-order valence-electron chi connectivity index (χ3n) is 2.36. The molecule has 4 heteroatoms. The van der Waals surface area contributed by atoms with Gasteiger partial charge in [-0.1, -0.05) is 29.8 Å². The van der Waals surface area contributed by atoms with E-state index in [1.165, 1.54) is 16.9 Å². The van der Waals surface area contributed by atoms with Crippen LogP contribution >= 0.6 is 11.3 Å². The number of aryl methyl sites for hydroxylation is 1. The Bertz CT molecular complexity index is 425. The van der Waals surface area contributed by atoms with Gasteiger partial charge in [0.1, 0.15) is 6.67 Å². The van der Waals surface area contributed by atoms with E-state index in [4.69, 9.17) is 0 Å². The highest BCUT2D eigenvalue weighted by Gasteiger charge is 2.11. The number of alkyl halides is 1. The molecular weight excluding hydrogens is 223 g/mol. The largest absolute Gasteiger partial charge is 0.352 e. The molecule has 0 radical (unpaired) electrons. The second kappa shape index (κ2) is 5.07. The van der Waals surface area contributed by atoms with Crippen molar-refractivity contribution in [3.63, 3.8) is 0 Å². The lowest BCUT2D eigenvalue weighted by molar-refractivity contribution is 0.453. The molecular formula is C12H13FN2S. The summed E-state index contributed by atoms with van der Waals surface area (Å²) >= 11 is 1.48. The first-order valence-electron chi connectivity index (χ1n) is 5.08. The Hall–Kier alpha value is -1.42. The molecule has 0 aliphatic rings. The molecule has 0 bridgehead atoms. The van der Waals surface area contributed by atoms with Crippen LogP contribution in [0.15, 0.2) is 35.8 Å². The van der Waals surface area contributed by atoms with Gasteiger partial charge in [0.05, 0.1) is 6.04 Å². The number of hydrogen-bond acceptors (Lipinski definition) is 3. The fourth-order valence-electron chi connectivity index (χ4n) is 1.45. The van der Waals surface area contributed by atoms with Crippen LogP contribution in [0.5, 0.6) is 0 Å². The maximum Gasteiger partial charge on any atom is 0.183 e. The van der Waals surface area contributed by atoms with Gasteiger partial charge in [-0.25, -0.2) is 9.37 Å². The van der Waals surface area contributed by atoms with E-state index in [0.717, 1.165) is 10.7 Å². The Balaban J connectivity index is 2.13. The molecule has 0 fully saturated rings. The van der Waals surface area contributed by atoms with Crippen molar-refractivity contribution in [1.82, 2.24) is 4.98 Å². The molecule has 1 N–H and O–H groups in total. The quantitative estimate of drug-likeness (QED) is 0.877. The predicted octanol–water partition coefficient (Wildman–Crippen LogP) is 3.57. The number of anilines is 1. The summed E-state index contributed by atoms with van der Waals surface area (Å²) in [6, 6.07) is 7.55. The number of nitrogens with zero attached hydrogens (tertiary/aromatic N) is 1. The topological polar surface area (TPSA) is 24.9 Å². The minimum absolute atomic E-state index is 0.313. The predicted molar refractivity (Wildman–Crippen MR) is 65.6 cm³/mol. The van der Waals surface area contributed by atoms with E-state index in [1.807, 2.05) is 36.6 Å². The minimum Gasteiger partial charge on any atom is -0.352 e. The number of rotatable bonds is 4. The summed E-state index contributed by atoms with van der Waals surface area (Å²) in [5.41, 5.74) is 2.12. The zero-order valence-corrected chi connectivity index (χ0v) is 9.80. The van der Waals surface area contributed by atoms with Gasteiger partial charge < -0.3 is 5.32 Å². The Morgan fingerprint density at radius 2 is 2.12 bits per heavy atom. The summed E-state index contributed by atoms with van der Waals surface area (Å²) in [7, 11) is 0. The zero-order chi connectivity index (χ0) is 11.4. The van der Waals surface area contributed by atoms with Crippen molar-refractivity contribution in [1.29, 1.82) is 0 Å². The molecule has 0 saturated carbocycles. The van der Waals surface area contributed by atoms with Gasteiger partial charge in [0, 0.05) is 11.6 Å². The van der Waals surface area contributed by atoms with Crippen molar-refractivity contribution in [2.45, 2.75) is 13.0 Å². The Kier molecular flexibility index (Phi) is 3.51. The number of hydrogen-bond donors (Lipinski definition) is 1. The fourth-order valence-corrected chi connectivity index (χ4v) is 2.04. The molecule has 1 aromatic heterocycles. The van der Waals surface area contributed by atoms with Crippen LogP contribution in [-0.2, 0) is 0 Å². The number of benzene rings is 1. The van der Waals surface area contributed by atoms with Gasteiger partial charge in [0.2, 0.25) is 0 Å². The highest BCUT2D eigenvalue weighted by Crippen LogP contribution is 2.21. The number of thiazole rings is 1. The number of aromatic nitrogens is 1. The smallest absolute Gasteiger partial charge is 0.183 e. The number of nitrogens with one attached hydrogen (secondary N) is 1. The van der Waals surface area contributed by atoms with Crippen LogP contribution in [0.3, 0.4) is 0 Å². The van der Waals surface area contributed by atoms with Crippen LogP contribution in [0.4, 0.5) is 9.52 Å². The van der Waals surface area contributed by atoms with Gasteiger partial charge in [-0.05, 0) is 12.5 Å². The van der Waals surface area contributed by atoms with Crippen molar-refractivity contribution in [3.8, 4) is 0 Å². The summed E-state index contributed by atoms with van der Waals surface area (Å²) in [6.07, 6.45) is 1.71. The third-order valence-corrected chi connectivity index (χ3v) is 3.07. The van der Waals surface area contributed by atoms with Gasteiger partial charge in [0.15, 0.2) is 5.13 Å². The van der Waals surface area contributed by atoms with Crippen molar-refractivity contribution in [2.24, 2.45) is 0 Å². The highest BCUT2D eigenvalue weighted by molar-refractivity contribution is 7.13. The van der Waals surface area contributed by atoms with E-state index >= 15 is 0 Å². The Morgan fingerprint density at radius 1 is 1.38 bits per heavy atom. The van der Waals surface area contributed by atoms with Crippen LogP contribution in [0.1, 0.15) is 17.2 Å². The maximum absolute atomic E-state index is 13.0. The molecule has 2 nitrogen and oxygen atoms in total. The Labute approximate surface area is 98.2 Å². The van der Waals surface area contributed by atoms with E-state index in [-0.39, 0.29) is 6.04 Å². The van der Waals surface area contributed by atoms with Crippen molar-refractivity contribution in [2.75, 3.05) is 12.0 Å². The second-order valence-corrected chi connectivity index (χ2v) is 4.49. The number of halogens is 1. The Morgan fingerprint density at radius 3 is 2.69 bits per heavy atom. The van der Waals surface area contributed by atoms with Crippen molar-refractivity contribution < 1.29 is 4.39 Å². The molecule has 1 atom stereocenters. The van der Waals surface area contributed by atoms with E-state index in [9.17, 15) is 4.39 Å². The zero-order valence-electron chi connectivity index (χ0n) is 8.98. The monoisotopic (exact) mass is 236 g/mol. The average molecular weight is 236 g/mol. The fraction of sp³-hybridized carbons (Fsp3) is 0.250. The lowest BCUT2D eigenvalue weighted by Crippen LogP contribution is -2.12. The van der Waals surface area contributed by atoms with Crippen molar-refractivity contribution in [3.05, 3.63) is 47.0 Å². The molecule has 0 aliphatic heterocycles. The van der Waals surface area contributed by atoms with E-state index in [1.54, 1.807) is 6.20 Å². The molecule has 2 rings (SSSR count). The normalized spacial score (nSPS) is 12.4. The van der Waals surface area contributed by atoms with Crippen molar-refractivity contribution >= 4 is 16.5 Å². The summed E-state index contributed by atoms with van der Waals surface area (Å²) in [6.45, 7) is 1.57. The maximum atomic E-state index is 13.0. The molecule has 0 saturated heterocycles. The van der Waals surface area contributed by atoms with Gasteiger partial charge in [0.25, 0.3) is 0 Å². The molecule has 1 unspecified atom stereocenters. The molecule has 84 valence electrons. The first-order chi connectivity index (χ1) is 7.79. The molecule has 0 spiro atoms. The van der Waals surface area contributed by atoms with Crippen LogP contribution < -0.4 is 5.32 Å². The van der Waals surface area contributed by atoms with Gasteiger partial charge in [-0.3, -0.25) is 0 Å². The van der Waals surface area contributed by atoms with Crippen LogP contribution in [0, 0.1) is 6.92 Å². The first-order valence-corrected chi connectivity index (χ1v) is 5.96. The van der Waals surface area contributed by atoms with Crippen LogP contribution in [-0.4, -0.2) is 11.7 Å². The summed E-state index contributed by atoms with van der Waals surface area (Å²) in [5, 5.41) is 5.70. The van der Waals surface area contributed by atoms with Gasteiger partial charge in [-0.15, -0.1) is 11.3 Å². The molecule has 1 heterocycles. The van der Waals surface area contributed by atoms with E-state index in [0.29, 0.717) is 0 Å². The van der Waals surface area contributed by atoms with E-state index < -0.39 is 6.67 Å². The molecule has 2 aromatic rings. The third kappa shape index (κ3) is 2.58. The summed E-state index contributed by atoms with van der Waals surface area (Å²) in [4.78, 5) is 4.09. The average Bonchev–Trinajstić information content (AvgIpc) is 2.80. The molecule has 16 heavy (non-hydrogen) atoms. The second-order valence-electron chi connectivity index (χ2n) is 3.60. The van der Waals surface area contributed by atoms with Crippen LogP contribution in [0.25, 0.3) is 0 Å². The molecule has 1 aromatic carbocycles. The van der Waals surface area contributed by atoms with Gasteiger partial charge in [-0.2, -0.15) is 0 Å². The standard InChI is InChI=1S/C12H13FN2S/c1-9-2-4-10(5-3-9)11(8-13)15-12-14-6-7-16-12/h2-7,11H,8H2,1H3,(H,14,15). The lowest BCUT2D eigenvalue weighted by Gasteiger charge is -2.15. The lowest BCUT2D eigenvalue weighted by atomic mass is 10.1. The summed E-state index contributed by atoms with van der Waals surface area (Å²) < 4.78 is 13.0. The van der Waals surface area contributed by atoms with E-state index in [2.05, 4.69) is 10.3 Å². The minimum atomic E-state index is -0.442. The molecule has 0 aliphatic carbocycles. The SMILES string of the molecule is Cc1ccc(C(CF)Nc2nccs2)cc1. The van der Waals surface area contributed by atoms with Crippen LogP contribution in [0.2, 0.25) is 0 Å². The first kappa shape index (κ1) is 11.1. The van der Waals surface area contributed by atoms with Gasteiger partial charge >= 0.3 is 0 Å². The molecule has 0 amide bonds. The highest BCUT2D eigenvalue weighted by atomic mass is 32.1.